The highest BCUT2D eigenvalue weighted by atomic mass is 19.1. The smallest absolute Gasteiger partial charge is 0.123 e. The highest BCUT2D eigenvalue weighted by Crippen LogP contribution is 2.21. The van der Waals surface area contributed by atoms with E-state index in [-0.39, 0.29) is 11.9 Å². The van der Waals surface area contributed by atoms with E-state index in [1.54, 1.807) is 12.1 Å². The molecule has 0 aliphatic heterocycles. The van der Waals surface area contributed by atoms with Crippen molar-refractivity contribution in [1.82, 2.24) is 4.98 Å². The van der Waals surface area contributed by atoms with Gasteiger partial charge in [-0.15, -0.1) is 0 Å². The third-order valence-corrected chi connectivity index (χ3v) is 2.95. The van der Waals surface area contributed by atoms with Crippen LogP contribution in [-0.2, 0) is 0 Å². The first-order chi connectivity index (χ1) is 8.56. The molecule has 0 fully saturated rings. The first-order valence-corrected chi connectivity index (χ1v) is 6.02. The highest BCUT2D eigenvalue weighted by molar-refractivity contribution is 5.49. The van der Waals surface area contributed by atoms with Crippen LogP contribution in [0, 0.1) is 19.7 Å². The van der Waals surface area contributed by atoms with Crippen LogP contribution in [0.4, 0.5) is 10.1 Å². The lowest BCUT2D eigenvalue weighted by atomic mass is 10.1. The maximum atomic E-state index is 13.2. The average Bonchev–Trinajstić information content (AvgIpc) is 2.32. The molecule has 1 aromatic carbocycles. The molecule has 94 valence electrons. The normalized spacial score (nSPS) is 12.2. The lowest BCUT2D eigenvalue weighted by molar-refractivity contribution is 0.623. The molecule has 1 N–H and O–H groups in total. The minimum atomic E-state index is -0.208. The second-order valence-electron chi connectivity index (χ2n) is 4.51. The Morgan fingerprint density at radius 3 is 2.61 bits per heavy atom. The molecular formula is C15H17FN2. The van der Waals surface area contributed by atoms with Gasteiger partial charge < -0.3 is 5.32 Å². The number of halogens is 1. The van der Waals surface area contributed by atoms with Crippen molar-refractivity contribution in [3.63, 3.8) is 0 Å². The lowest BCUT2D eigenvalue weighted by Gasteiger charge is -2.17. The molecule has 1 heterocycles. The Morgan fingerprint density at radius 2 is 1.94 bits per heavy atom. The van der Waals surface area contributed by atoms with Crippen molar-refractivity contribution in [2.45, 2.75) is 26.8 Å². The monoisotopic (exact) mass is 244 g/mol. The summed E-state index contributed by atoms with van der Waals surface area (Å²) in [5.41, 5.74) is 3.86. The highest BCUT2D eigenvalue weighted by Gasteiger charge is 2.08. The minimum Gasteiger partial charge on any atom is -0.377 e. The summed E-state index contributed by atoms with van der Waals surface area (Å²) in [5.74, 6) is -0.208. The van der Waals surface area contributed by atoms with E-state index in [1.165, 1.54) is 6.07 Å². The predicted molar refractivity (Wildman–Crippen MR) is 72.1 cm³/mol. The number of anilines is 1. The molecule has 0 aliphatic rings. The molecule has 2 nitrogen and oxygen atoms in total. The Kier molecular flexibility index (Phi) is 3.60. The van der Waals surface area contributed by atoms with E-state index < -0.39 is 0 Å². The largest absolute Gasteiger partial charge is 0.377 e. The SMILES string of the molecule is Cc1ccc(NC(C)c2cccc(F)c2)c(C)n1. The summed E-state index contributed by atoms with van der Waals surface area (Å²) in [5, 5.41) is 3.35. The Labute approximate surface area is 107 Å². The number of pyridine rings is 1. The van der Waals surface area contributed by atoms with Crippen LogP contribution in [0.25, 0.3) is 0 Å². The van der Waals surface area contributed by atoms with Gasteiger partial charge in [0.15, 0.2) is 0 Å². The van der Waals surface area contributed by atoms with Gasteiger partial charge in [-0.2, -0.15) is 0 Å². The summed E-state index contributed by atoms with van der Waals surface area (Å²) < 4.78 is 13.2. The van der Waals surface area contributed by atoms with Crippen molar-refractivity contribution < 1.29 is 4.39 Å². The molecule has 0 aliphatic carbocycles. The van der Waals surface area contributed by atoms with Gasteiger partial charge in [-0.25, -0.2) is 4.39 Å². The summed E-state index contributed by atoms with van der Waals surface area (Å²) in [4.78, 5) is 4.40. The number of hydrogen-bond acceptors (Lipinski definition) is 2. The van der Waals surface area contributed by atoms with Gasteiger partial charge in [0, 0.05) is 11.7 Å². The summed E-state index contributed by atoms with van der Waals surface area (Å²) in [7, 11) is 0. The van der Waals surface area contributed by atoms with E-state index >= 15 is 0 Å². The van der Waals surface area contributed by atoms with Crippen molar-refractivity contribution >= 4 is 5.69 Å². The van der Waals surface area contributed by atoms with Crippen LogP contribution in [0.1, 0.15) is 29.9 Å². The Bertz CT molecular complexity index is 552. The number of nitrogens with zero attached hydrogens (tertiary/aromatic N) is 1. The van der Waals surface area contributed by atoms with Crippen LogP contribution in [-0.4, -0.2) is 4.98 Å². The number of nitrogens with one attached hydrogen (secondary N) is 1. The van der Waals surface area contributed by atoms with E-state index in [9.17, 15) is 4.39 Å². The van der Waals surface area contributed by atoms with E-state index in [4.69, 9.17) is 0 Å². The molecule has 1 unspecified atom stereocenters. The van der Waals surface area contributed by atoms with Gasteiger partial charge in [-0.3, -0.25) is 4.98 Å². The molecule has 3 heteroatoms. The summed E-state index contributed by atoms with van der Waals surface area (Å²) >= 11 is 0. The molecule has 1 atom stereocenters. The zero-order valence-corrected chi connectivity index (χ0v) is 10.9. The van der Waals surface area contributed by atoms with Crippen molar-refractivity contribution in [3.05, 3.63) is 59.2 Å². The molecular weight excluding hydrogens is 227 g/mol. The van der Waals surface area contributed by atoms with Crippen molar-refractivity contribution in [2.24, 2.45) is 0 Å². The third kappa shape index (κ3) is 2.86. The van der Waals surface area contributed by atoms with Crippen molar-refractivity contribution in [1.29, 1.82) is 0 Å². The molecule has 0 radical (unpaired) electrons. The topological polar surface area (TPSA) is 24.9 Å². The molecule has 0 saturated carbocycles. The van der Waals surface area contributed by atoms with Crippen LogP contribution in [0.3, 0.4) is 0 Å². The number of hydrogen-bond donors (Lipinski definition) is 1. The average molecular weight is 244 g/mol. The quantitative estimate of drug-likeness (QED) is 0.882. The Morgan fingerprint density at radius 1 is 1.17 bits per heavy atom. The van der Waals surface area contributed by atoms with E-state index in [2.05, 4.69) is 10.3 Å². The van der Waals surface area contributed by atoms with Crippen LogP contribution >= 0.6 is 0 Å². The molecule has 2 rings (SSSR count). The van der Waals surface area contributed by atoms with Gasteiger partial charge in [0.1, 0.15) is 5.82 Å². The van der Waals surface area contributed by atoms with Gasteiger partial charge in [-0.05, 0) is 50.6 Å². The zero-order chi connectivity index (χ0) is 13.1. The van der Waals surface area contributed by atoms with Crippen LogP contribution < -0.4 is 5.32 Å². The fourth-order valence-corrected chi connectivity index (χ4v) is 1.93. The molecule has 0 amide bonds. The molecule has 2 aromatic rings. The van der Waals surface area contributed by atoms with Crippen molar-refractivity contribution in [3.8, 4) is 0 Å². The summed E-state index contributed by atoms with van der Waals surface area (Å²) in [6, 6.07) is 10.7. The molecule has 0 saturated heterocycles. The lowest BCUT2D eigenvalue weighted by Crippen LogP contribution is -2.08. The van der Waals surface area contributed by atoms with Crippen LogP contribution in [0.2, 0.25) is 0 Å². The third-order valence-electron chi connectivity index (χ3n) is 2.95. The number of aryl methyl sites for hydroxylation is 2. The maximum absolute atomic E-state index is 13.2. The fraction of sp³-hybridized carbons (Fsp3) is 0.267. The standard InChI is InChI=1S/C15H17FN2/c1-10-7-8-15(12(3)17-10)18-11(2)13-5-4-6-14(16)9-13/h4-9,11,18H,1-3H3. The van der Waals surface area contributed by atoms with E-state index in [0.717, 1.165) is 22.6 Å². The predicted octanol–water partition coefficient (Wildman–Crippen LogP) is 4.01. The number of benzene rings is 1. The summed E-state index contributed by atoms with van der Waals surface area (Å²) in [6.45, 7) is 5.94. The van der Waals surface area contributed by atoms with Crippen LogP contribution in [0.5, 0.6) is 0 Å². The van der Waals surface area contributed by atoms with E-state index in [0.29, 0.717) is 0 Å². The molecule has 0 spiro atoms. The maximum Gasteiger partial charge on any atom is 0.123 e. The first-order valence-electron chi connectivity index (χ1n) is 6.02. The minimum absolute atomic E-state index is 0.0453. The zero-order valence-electron chi connectivity index (χ0n) is 10.9. The van der Waals surface area contributed by atoms with Gasteiger partial charge >= 0.3 is 0 Å². The number of rotatable bonds is 3. The van der Waals surface area contributed by atoms with E-state index in [1.807, 2.05) is 39.0 Å². The molecule has 18 heavy (non-hydrogen) atoms. The van der Waals surface area contributed by atoms with Gasteiger partial charge in [0.05, 0.1) is 11.4 Å². The Balaban J connectivity index is 2.18. The van der Waals surface area contributed by atoms with Gasteiger partial charge in [0.25, 0.3) is 0 Å². The second kappa shape index (κ2) is 5.17. The van der Waals surface area contributed by atoms with Crippen molar-refractivity contribution in [2.75, 3.05) is 5.32 Å². The molecule has 0 bridgehead atoms. The summed E-state index contributed by atoms with van der Waals surface area (Å²) in [6.07, 6.45) is 0. The first kappa shape index (κ1) is 12.6. The van der Waals surface area contributed by atoms with Crippen LogP contribution in [0.15, 0.2) is 36.4 Å². The fourth-order valence-electron chi connectivity index (χ4n) is 1.93. The molecule has 1 aromatic heterocycles. The van der Waals surface area contributed by atoms with Gasteiger partial charge in [0.2, 0.25) is 0 Å². The second-order valence-corrected chi connectivity index (χ2v) is 4.51. The van der Waals surface area contributed by atoms with Gasteiger partial charge in [-0.1, -0.05) is 12.1 Å². The number of aromatic nitrogens is 1. The Hall–Kier alpha value is -1.90.